The van der Waals surface area contributed by atoms with Gasteiger partial charge in [0.1, 0.15) is 5.82 Å². The summed E-state index contributed by atoms with van der Waals surface area (Å²) in [5, 5.41) is 3.18. The molecule has 0 aliphatic carbocycles. The third-order valence-corrected chi connectivity index (χ3v) is 3.49. The smallest absolute Gasteiger partial charge is 0.332 e. The average Bonchev–Trinajstić information content (AvgIpc) is 2.99. The molecule has 0 fully saturated rings. The normalized spacial score (nSPS) is 11.5. The van der Waals surface area contributed by atoms with Crippen LogP contribution in [0.4, 0.5) is 5.69 Å². The van der Waals surface area contributed by atoms with Crippen LogP contribution in [0.25, 0.3) is 22.4 Å². The van der Waals surface area contributed by atoms with E-state index in [1.807, 2.05) is 55.5 Å². The minimum Gasteiger partial charge on any atom is -0.463 e. The first-order valence-electron chi connectivity index (χ1n) is 7.83. The predicted octanol–water partition coefficient (Wildman–Crippen LogP) is 4.11. The maximum absolute atomic E-state index is 11.5. The number of carbonyl (C=O) groups excluding carboxylic acids is 1. The van der Waals surface area contributed by atoms with Gasteiger partial charge in [0, 0.05) is 23.0 Å². The highest BCUT2D eigenvalue weighted by atomic mass is 16.5. The largest absolute Gasteiger partial charge is 0.463 e. The lowest BCUT2D eigenvalue weighted by atomic mass is 10.2. The monoisotopic (exact) mass is 321 g/mol. The first kappa shape index (κ1) is 15.8. The Morgan fingerprint density at radius 2 is 2.04 bits per heavy atom. The first-order valence-corrected chi connectivity index (χ1v) is 7.83. The van der Waals surface area contributed by atoms with Crippen LogP contribution in [0.15, 0.2) is 60.3 Å². The van der Waals surface area contributed by atoms with Crippen molar-refractivity contribution in [1.29, 1.82) is 0 Å². The lowest BCUT2D eigenvalue weighted by Crippen LogP contribution is -2.04. The molecule has 3 rings (SSSR count). The lowest BCUT2D eigenvalue weighted by molar-refractivity contribution is -0.137. The summed E-state index contributed by atoms with van der Waals surface area (Å²) in [7, 11) is 0. The minimum absolute atomic E-state index is 0.350. The molecule has 0 aliphatic heterocycles. The van der Waals surface area contributed by atoms with Gasteiger partial charge in [0.2, 0.25) is 0 Å². The highest BCUT2D eigenvalue weighted by Gasteiger charge is 2.06. The quantitative estimate of drug-likeness (QED) is 0.548. The van der Waals surface area contributed by atoms with E-state index in [9.17, 15) is 4.79 Å². The number of anilines is 1. The number of aromatic nitrogens is 2. The number of allylic oxidation sites excluding steroid dienone is 1. The van der Waals surface area contributed by atoms with Gasteiger partial charge in [0.15, 0.2) is 0 Å². The van der Waals surface area contributed by atoms with Gasteiger partial charge in [0.05, 0.1) is 17.6 Å². The Hall–Kier alpha value is -3.08. The zero-order valence-corrected chi connectivity index (χ0v) is 13.7. The number of fused-ring (bicyclic) bond motifs is 1. The minimum atomic E-state index is -0.350. The maximum Gasteiger partial charge on any atom is 0.332 e. The average molecular weight is 321 g/mol. The van der Waals surface area contributed by atoms with E-state index < -0.39 is 0 Å². The fourth-order valence-electron chi connectivity index (χ4n) is 2.44. The standard InChI is InChI=1S/C19H19N3O2/c1-3-24-18(23)11-13(2)20-15-9-10-16-17(12-15)22-19(21-16)14-7-5-4-6-8-14/h4-12,20H,3H2,1-2H3,(H,21,22)/b13-11+. The highest BCUT2D eigenvalue weighted by molar-refractivity contribution is 5.85. The van der Waals surface area contributed by atoms with Gasteiger partial charge in [-0.25, -0.2) is 9.78 Å². The molecule has 0 spiro atoms. The Morgan fingerprint density at radius 1 is 1.25 bits per heavy atom. The fraction of sp³-hybridized carbons (Fsp3) is 0.158. The molecule has 5 nitrogen and oxygen atoms in total. The molecule has 0 saturated carbocycles. The van der Waals surface area contributed by atoms with E-state index in [1.165, 1.54) is 6.08 Å². The van der Waals surface area contributed by atoms with Crippen LogP contribution in [0.1, 0.15) is 13.8 Å². The molecule has 0 bridgehead atoms. The van der Waals surface area contributed by atoms with E-state index in [-0.39, 0.29) is 5.97 Å². The first-order chi connectivity index (χ1) is 11.7. The molecular formula is C19H19N3O2. The molecule has 0 unspecified atom stereocenters. The van der Waals surface area contributed by atoms with Crippen LogP contribution in [0.3, 0.4) is 0 Å². The van der Waals surface area contributed by atoms with Crippen LogP contribution >= 0.6 is 0 Å². The number of nitrogens with zero attached hydrogens (tertiary/aromatic N) is 1. The molecule has 1 aromatic heterocycles. The summed E-state index contributed by atoms with van der Waals surface area (Å²) < 4.78 is 4.90. The van der Waals surface area contributed by atoms with Crippen molar-refractivity contribution in [3.63, 3.8) is 0 Å². The molecule has 122 valence electrons. The second-order valence-corrected chi connectivity index (χ2v) is 5.39. The summed E-state index contributed by atoms with van der Waals surface area (Å²) in [6.45, 7) is 3.97. The van der Waals surface area contributed by atoms with Gasteiger partial charge in [0.25, 0.3) is 0 Å². The predicted molar refractivity (Wildman–Crippen MR) is 95.5 cm³/mol. The van der Waals surface area contributed by atoms with Gasteiger partial charge in [-0.1, -0.05) is 30.3 Å². The van der Waals surface area contributed by atoms with Gasteiger partial charge < -0.3 is 15.0 Å². The van der Waals surface area contributed by atoms with Crippen molar-refractivity contribution in [1.82, 2.24) is 9.97 Å². The number of hydrogen-bond donors (Lipinski definition) is 2. The van der Waals surface area contributed by atoms with Crippen molar-refractivity contribution in [2.24, 2.45) is 0 Å². The molecule has 0 radical (unpaired) electrons. The number of imidazole rings is 1. The zero-order chi connectivity index (χ0) is 16.9. The van der Waals surface area contributed by atoms with E-state index in [0.717, 1.165) is 33.8 Å². The van der Waals surface area contributed by atoms with Crippen molar-refractivity contribution >= 4 is 22.7 Å². The van der Waals surface area contributed by atoms with Gasteiger partial charge in [-0.05, 0) is 32.0 Å². The number of ether oxygens (including phenoxy) is 1. The molecule has 0 amide bonds. The van der Waals surface area contributed by atoms with Gasteiger partial charge in [-0.2, -0.15) is 0 Å². The number of H-pyrrole nitrogens is 1. The van der Waals surface area contributed by atoms with Crippen molar-refractivity contribution < 1.29 is 9.53 Å². The third-order valence-electron chi connectivity index (χ3n) is 3.49. The Morgan fingerprint density at radius 3 is 2.79 bits per heavy atom. The fourth-order valence-corrected chi connectivity index (χ4v) is 2.44. The summed E-state index contributed by atoms with van der Waals surface area (Å²) in [4.78, 5) is 19.4. The summed E-state index contributed by atoms with van der Waals surface area (Å²) >= 11 is 0. The summed E-state index contributed by atoms with van der Waals surface area (Å²) in [5.41, 5.74) is 4.47. The highest BCUT2D eigenvalue weighted by Crippen LogP contribution is 2.23. The summed E-state index contributed by atoms with van der Waals surface area (Å²) in [6.07, 6.45) is 1.44. The molecular weight excluding hydrogens is 302 g/mol. The number of esters is 1. The number of hydrogen-bond acceptors (Lipinski definition) is 4. The molecule has 2 N–H and O–H groups in total. The van der Waals surface area contributed by atoms with Gasteiger partial charge in [-0.15, -0.1) is 0 Å². The molecule has 5 heteroatoms. The topological polar surface area (TPSA) is 67.0 Å². The van der Waals surface area contributed by atoms with Crippen LogP contribution in [-0.2, 0) is 9.53 Å². The Kier molecular flexibility index (Phi) is 4.61. The SMILES string of the molecule is CCOC(=O)/C=C(\C)Nc1ccc2nc(-c3ccccc3)[nH]c2c1. The zero-order valence-electron chi connectivity index (χ0n) is 13.7. The molecule has 1 heterocycles. The van der Waals surface area contributed by atoms with E-state index in [1.54, 1.807) is 6.92 Å². The van der Waals surface area contributed by atoms with E-state index >= 15 is 0 Å². The Balaban J connectivity index is 1.83. The second-order valence-electron chi connectivity index (χ2n) is 5.39. The number of carbonyl (C=O) groups is 1. The van der Waals surface area contributed by atoms with Gasteiger partial charge in [-0.3, -0.25) is 0 Å². The molecule has 0 aliphatic rings. The number of aromatic amines is 1. The molecule has 0 saturated heterocycles. The Bertz CT molecular complexity index is 882. The van der Waals surface area contributed by atoms with Crippen molar-refractivity contribution in [2.45, 2.75) is 13.8 Å². The lowest BCUT2D eigenvalue weighted by Gasteiger charge is -2.06. The second kappa shape index (κ2) is 7.00. The van der Waals surface area contributed by atoms with Crippen LogP contribution in [0.2, 0.25) is 0 Å². The third kappa shape index (κ3) is 3.63. The number of nitrogens with one attached hydrogen (secondary N) is 2. The van der Waals surface area contributed by atoms with E-state index in [4.69, 9.17) is 4.74 Å². The summed E-state index contributed by atoms with van der Waals surface area (Å²) in [5.74, 6) is 0.484. The van der Waals surface area contributed by atoms with E-state index in [0.29, 0.717) is 6.61 Å². The van der Waals surface area contributed by atoms with Crippen molar-refractivity contribution in [3.8, 4) is 11.4 Å². The number of rotatable bonds is 5. The molecule has 24 heavy (non-hydrogen) atoms. The van der Waals surface area contributed by atoms with Crippen molar-refractivity contribution in [3.05, 3.63) is 60.3 Å². The summed E-state index contributed by atoms with van der Waals surface area (Å²) in [6, 6.07) is 15.8. The number of benzene rings is 2. The molecule has 0 atom stereocenters. The van der Waals surface area contributed by atoms with Crippen LogP contribution in [0, 0.1) is 0 Å². The van der Waals surface area contributed by atoms with Gasteiger partial charge >= 0.3 is 5.97 Å². The van der Waals surface area contributed by atoms with Crippen LogP contribution in [0.5, 0.6) is 0 Å². The molecule has 3 aromatic rings. The van der Waals surface area contributed by atoms with Crippen LogP contribution < -0.4 is 5.32 Å². The van der Waals surface area contributed by atoms with Crippen LogP contribution in [-0.4, -0.2) is 22.5 Å². The van der Waals surface area contributed by atoms with E-state index in [2.05, 4.69) is 15.3 Å². The Labute approximate surface area is 140 Å². The molecule has 2 aromatic carbocycles. The van der Waals surface area contributed by atoms with Crippen molar-refractivity contribution in [2.75, 3.05) is 11.9 Å². The maximum atomic E-state index is 11.5.